The Morgan fingerprint density at radius 3 is 2.68 bits per heavy atom. The molecule has 0 spiro atoms. The van der Waals surface area contributed by atoms with Gasteiger partial charge in [-0.2, -0.15) is 0 Å². The third-order valence-electron chi connectivity index (χ3n) is 5.29. The number of ether oxygens (including phenoxy) is 1. The van der Waals surface area contributed by atoms with Gasteiger partial charge in [-0.1, -0.05) is 34.1 Å². The summed E-state index contributed by atoms with van der Waals surface area (Å²) in [5.41, 5.74) is 3.49. The molecule has 0 fully saturated rings. The lowest BCUT2D eigenvalue weighted by Crippen LogP contribution is -2.36. The molecule has 1 aliphatic rings. The molecule has 0 saturated heterocycles. The summed E-state index contributed by atoms with van der Waals surface area (Å²) in [4.78, 5) is 30.0. The molecule has 4 rings (SSSR count). The molecule has 0 saturated carbocycles. The van der Waals surface area contributed by atoms with Gasteiger partial charge in [0.2, 0.25) is 5.91 Å². The van der Waals surface area contributed by atoms with Crippen LogP contribution in [-0.4, -0.2) is 48.5 Å². The molecule has 2 heterocycles. The van der Waals surface area contributed by atoms with Crippen molar-refractivity contribution in [1.29, 1.82) is 0 Å². The van der Waals surface area contributed by atoms with Crippen molar-refractivity contribution in [2.45, 2.75) is 6.42 Å². The molecule has 0 unspecified atom stereocenters. The highest BCUT2D eigenvalue weighted by Crippen LogP contribution is 2.31. The van der Waals surface area contributed by atoms with E-state index in [1.54, 1.807) is 12.1 Å². The molecular formula is C23H21BrFN3O3. The highest BCUT2D eigenvalue weighted by atomic mass is 79.9. The number of halogens is 2. The predicted molar refractivity (Wildman–Crippen MR) is 121 cm³/mol. The number of hydrogen-bond donors (Lipinski definition) is 2. The molecular weight excluding hydrogens is 465 g/mol. The standard InChI is InChI=1S/C23H21BrFN3O3/c1-31-23(30)22-21(18-12-16(24)4-7-19(18)26-22)27-20(29)13-28-10-8-15(9-11-28)14-2-5-17(25)6-3-14/h2-8,12,26H,9-11,13H2,1H3,(H,27,29). The number of H-pyrrole nitrogens is 1. The minimum absolute atomic E-state index is 0.189. The summed E-state index contributed by atoms with van der Waals surface area (Å²) in [7, 11) is 1.30. The van der Waals surface area contributed by atoms with E-state index in [0.717, 1.165) is 32.9 Å². The monoisotopic (exact) mass is 485 g/mol. The molecule has 0 atom stereocenters. The first-order valence-electron chi connectivity index (χ1n) is 9.81. The third kappa shape index (κ3) is 4.70. The maximum atomic E-state index is 13.1. The van der Waals surface area contributed by atoms with Crippen LogP contribution in [0.4, 0.5) is 10.1 Å². The molecule has 0 aliphatic carbocycles. The number of nitrogens with one attached hydrogen (secondary N) is 2. The van der Waals surface area contributed by atoms with Crippen LogP contribution in [0.25, 0.3) is 16.5 Å². The number of carbonyl (C=O) groups excluding carboxylic acids is 2. The van der Waals surface area contributed by atoms with E-state index in [-0.39, 0.29) is 24.0 Å². The van der Waals surface area contributed by atoms with E-state index in [2.05, 4.69) is 32.3 Å². The van der Waals surface area contributed by atoms with Crippen molar-refractivity contribution in [3.8, 4) is 0 Å². The van der Waals surface area contributed by atoms with E-state index < -0.39 is 5.97 Å². The quantitative estimate of drug-likeness (QED) is 0.518. The molecule has 2 N–H and O–H groups in total. The number of esters is 1. The van der Waals surface area contributed by atoms with Gasteiger partial charge in [-0.25, -0.2) is 9.18 Å². The number of aromatic nitrogens is 1. The summed E-state index contributed by atoms with van der Waals surface area (Å²) in [5, 5.41) is 3.60. The van der Waals surface area contributed by atoms with Crippen LogP contribution in [0, 0.1) is 5.82 Å². The number of carbonyl (C=O) groups is 2. The third-order valence-corrected chi connectivity index (χ3v) is 5.78. The molecule has 160 valence electrons. The second kappa shape index (κ2) is 9.03. The fraction of sp³-hybridized carbons (Fsp3) is 0.217. The molecule has 1 aromatic heterocycles. The largest absolute Gasteiger partial charge is 0.464 e. The first-order chi connectivity index (χ1) is 14.9. The summed E-state index contributed by atoms with van der Waals surface area (Å²) in [5.74, 6) is -1.02. The zero-order valence-electron chi connectivity index (χ0n) is 16.9. The zero-order chi connectivity index (χ0) is 22.0. The topological polar surface area (TPSA) is 74.4 Å². The average Bonchev–Trinajstić information content (AvgIpc) is 3.11. The van der Waals surface area contributed by atoms with Crippen molar-refractivity contribution in [3.63, 3.8) is 0 Å². The Morgan fingerprint density at radius 1 is 1.23 bits per heavy atom. The van der Waals surface area contributed by atoms with Crippen LogP contribution in [0.15, 0.2) is 53.0 Å². The summed E-state index contributed by atoms with van der Waals surface area (Å²) >= 11 is 3.43. The molecule has 0 bridgehead atoms. The summed E-state index contributed by atoms with van der Waals surface area (Å²) in [6.45, 7) is 1.51. The molecule has 1 aliphatic heterocycles. The van der Waals surface area contributed by atoms with E-state index in [1.807, 2.05) is 23.1 Å². The van der Waals surface area contributed by atoms with Gasteiger partial charge < -0.3 is 15.0 Å². The second-order valence-electron chi connectivity index (χ2n) is 7.33. The Balaban J connectivity index is 1.47. The minimum Gasteiger partial charge on any atom is -0.464 e. The molecule has 2 aromatic carbocycles. The van der Waals surface area contributed by atoms with Gasteiger partial charge in [0.25, 0.3) is 0 Å². The van der Waals surface area contributed by atoms with Crippen LogP contribution in [0.1, 0.15) is 22.5 Å². The zero-order valence-corrected chi connectivity index (χ0v) is 18.5. The van der Waals surface area contributed by atoms with Crippen molar-refractivity contribution < 1.29 is 18.7 Å². The van der Waals surface area contributed by atoms with Gasteiger partial charge >= 0.3 is 5.97 Å². The van der Waals surface area contributed by atoms with Gasteiger partial charge in [0.05, 0.1) is 19.3 Å². The van der Waals surface area contributed by atoms with E-state index in [9.17, 15) is 14.0 Å². The highest BCUT2D eigenvalue weighted by molar-refractivity contribution is 9.10. The Hall–Kier alpha value is -2.97. The van der Waals surface area contributed by atoms with Crippen LogP contribution >= 0.6 is 15.9 Å². The van der Waals surface area contributed by atoms with Gasteiger partial charge in [-0.3, -0.25) is 9.69 Å². The molecule has 0 radical (unpaired) electrons. The maximum Gasteiger partial charge on any atom is 0.356 e. The van der Waals surface area contributed by atoms with Crippen LogP contribution in [0.5, 0.6) is 0 Å². The van der Waals surface area contributed by atoms with Gasteiger partial charge in [0, 0.05) is 28.5 Å². The summed E-state index contributed by atoms with van der Waals surface area (Å²) in [6, 6.07) is 12.0. The lowest BCUT2D eigenvalue weighted by Gasteiger charge is -2.26. The van der Waals surface area contributed by atoms with Gasteiger partial charge in [-0.05, 0) is 47.9 Å². The van der Waals surface area contributed by atoms with Crippen LogP contribution < -0.4 is 5.32 Å². The average molecular weight is 486 g/mol. The molecule has 1 amide bonds. The summed E-state index contributed by atoms with van der Waals surface area (Å²) in [6.07, 6.45) is 2.83. The molecule has 3 aromatic rings. The molecule has 8 heteroatoms. The first-order valence-corrected chi connectivity index (χ1v) is 10.6. The van der Waals surface area contributed by atoms with Crippen LogP contribution in [0.2, 0.25) is 0 Å². The predicted octanol–water partition coefficient (Wildman–Crippen LogP) is 4.58. The van der Waals surface area contributed by atoms with E-state index >= 15 is 0 Å². The minimum atomic E-state index is -0.549. The highest BCUT2D eigenvalue weighted by Gasteiger charge is 2.22. The van der Waals surface area contributed by atoms with E-state index in [0.29, 0.717) is 18.8 Å². The molecule has 31 heavy (non-hydrogen) atoms. The smallest absolute Gasteiger partial charge is 0.356 e. The van der Waals surface area contributed by atoms with Crippen molar-refractivity contribution in [1.82, 2.24) is 9.88 Å². The Morgan fingerprint density at radius 2 is 2.00 bits per heavy atom. The number of aromatic amines is 1. The van der Waals surface area contributed by atoms with E-state index in [4.69, 9.17) is 4.74 Å². The van der Waals surface area contributed by atoms with Crippen LogP contribution in [0.3, 0.4) is 0 Å². The van der Waals surface area contributed by atoms with Crippen molar-refractivity contribution in [2.75, 3.05) is 32.1 Å². The number of amides is 1. The summed E-state index contributed by atoms with van der Waals surface area (Å²) < 4.78 is 18.8. The lowest BCUT2D eigenvalue weighted by atomic mass is 9.99. The van der Waals surface area contributed by atoms with Gasteiger partial charge in [0.1, 0.15) is 11.5 Å². The number of hydrogen-bond acceptors (Lipinski definition) is 4. The number of anilines is 1. The number of methoxy groups -OCH3 is 1. The fourth-order valence-electron chi connectivity index (χ4n) is 3.71. The van der Waals surface area contributed by atoms with Crippen LogP contribution in [-0.2, 0) is 9.53 Å². The number of rotatable bonds is 5. The van der Waals surface area contributed by atoms with Gasteiger partial charge in [-0.15, -0.1) is 0 Å². The van der Waals surface area contributed by atoms with E-state index in [1.165, 1.54) is 19.2 Å². The second-order valence-corrected chi connectivity index (χ2v) is 8.24. The number of benzene rings is 2. The van der Waals surface area contributed by atoms with Gasteiger partial charge in [0.15, 0.2) is 0 Å². The maximum absolute atomic E-state index is 13.1. The first kappa shape index (κ1) is 21.3. The number of fused-ring (bicyclic) bond motifs is 1. The van der Waals surface area contributed by atoms with Crippen molar-refractivity contribution in [2.24, 2.45) is 0 Å². The normalized spacial score (nSPS) is 14.4. The van der Waals surface area contributed by atoms with Crippen molar-refractivity contribution in [3.05, 3.63) is 70.1 Å². The number of nitrogens with zero attached hydrogens (tertiary/aromatic N) is 1. The Bertz CT molecular complexity index is 1170. The van der Waals surface area contributed by atoms with Crippen molar-refractivity contribution >= 4 is 50.0 Å². The lowest BCUT2D eigenvalue weighted by molar-refractivity contribution is -0.117. The SMILES string of the molecule is COC(=O)c1[nH]c2ccc(Br)cc2c1NC(=O)CN1CC=C(c2ccc(F)cc2)CC1. The fourth-order valence-corrected chi connectivity index (χ4v) is 4.07. The Labute approximate surface area is 187 Å². The Kier molecular flexibility index (Phi) is 6.20. The molecule has 6 nitrogen and oxygen atoms in total.